The molecule has 0 aliphatic carbocycles. The van der Waals surface area contributed by atoms with E-state index in [2.05, 4.69) is 47.8 Å². The van der Waals surface area contributed by atoms with Crippen molar-refractivity contribution < 1.29 is 18.4 Å². The molecule has 0 saturated carbocycles. The first-order valence-corrected chi connectivity index (χ1v) is 8.97. The summed E-state index contributed by atoms with van der Waals surface area (Å²) in [5.74, 6) is 0.427. The van der Waals surface area contributed by atoms with Crippen molar-refractivity contribution in [2.75, 3.05) is 12.5 Å². The van der Waals surface area contributed by atoms with Crippen molar-refractivity contribution in [1.82, 2.24) is 0 Å². The minimum atomic E-state index is -4.19. The summed E-state index contributed by atoms with van der Waals surface area (Å²) in [5, 5.41) is 0. The SMILES string of the molecule is O[Si](O)(OCCCl)Oc1ccc(Br)c(Br)c1Br. The Morgan fingerprint density at radius 3 is 2.41 bits per heavy atom. The number of rotatable bonds is 5. The van der Waals surface area contributed by atoms with Crippen LogP contribution in [0.15, 0.2) is 25.6 Å². The fourth-order valence-corrected chi connectivity index (χ4v) is 3.52. The second-order valence-electron chi connectivity index (χ2n) is 2.86. The van der Waals surface area contributed by atoms with Gasteiger partial charge in [-0.1, -0.05) is 0 Å². The summed E-state index contributed by atoms with van der Waals surface area (Å²) in [7, 11) is -4.19. The number of hydrogen-bond acceptors (Lipinski definition) is 4. The fourth-order valence-electron chi connectivity index (χ4n) is 0.931. The molecule has 0 spiro atoms. The van der Waals surface area contributed by atoms with Crippen LogP contribution in [0.4, 0.5) is 0 Å². The molecule has 0 aliphatic heterocycles. The monoisotopic (exact) mass is 468 g/mol. The van der Waals surface area contributed by atoms with E-state index in [0.29, 0.717) is 8.95 Å². The van der Waals surface area contributed by atoms with Gasteiger partial charge in [-0.2, -0.15) is 0 Å². The van der Waals surface area contributed by atoms with Crippen LogP contribution < -0.4 is 4.43 Å². The predicted octanol–water partition coefficient (Wildman–Crippen LogP) is 3.03. The lowest BCUT2D eigenvalue weighted by Crippen LogP contribution is -2.46. The van der Waals surface area contributed by atoms with Gasteiger partial charge in [-0.05, 0) is 59.9 Å². The number of halogens is 4. The van der Waals surface area contributed by atoms with E-state index in [1.165, 1.54) is 0 Å². The molecule has 2 N–H and O–H groups in total. The van der Waals surface area contributed by atoms with E-state index in [0.717, 1.165) is 4.47 Å². The molecule has 1 rings (SSSR count). The van der Waals surface area contributed by atoms with Crippen molar-refractivity contribution >= 4 is 68.4 Å². The topological polar surface area (TPSA) is 58.9 Å². The van der Waals surface area contributed by atoms with Gasteiger partial charge in [0.2, 0.25) is 0 Å². The molecule has 0 fully saturated rings. The van der Waals surface area contributed by atoms with Gasteiger partial charge in [0.15, 0.2) is 0 Å². The van der Waals surface area contributed by atoms with Gasteiger partial charge in [-0.15, -0.1) is 11.6 Å². The molecule has 4 nitrogen and oxygen atoms in total. The van der Waals surface area contributed by atoms with Gasteiger partial charge in [0.25, 0.3) is 0 Å². The normalized spacial score (nSPS) is 11.6. The van der Waals surface area contributed by atoms with Crippen molar-refractivity contribution in [3.8, 4) is 5.75 Å². The van der Waals surface area contributed by atoms with Crippen molar-refractivity contribution in [3.05, 3.63) is 25.6 Å². The maximum atomic E-state index is 9.53. The zero-order valence-corrected chi connectivity index (χ0v) is 14.8. The third-order valence-electron chi connectivity index (χ3n) is 1.61. The average Bonchev–Trinajstić information content (AvgIpc) is 2.27. The maximum absolute atomic E-state index is 9.53. The second kappa shape index (κ2) is 6.85. The molecule has 1 aromatic rings. The third kappa shape index (κ3) is 4.79. The van der Waals surface area contributed by atoms with Crippen LogP contribution in [0.1, 0.15) is 0 Å². The molecule has 0 heterocycles. The average molecular weight is 471 g/mol. The highest BCUT2D eigenvalue weighted by molar-refractivity contribution is 9.14. The van der Waals surface area contributed by atoms with Crippen molar-refractivity contribution in [3.63, 3.8) is 0 Å². The van der Waals surface area contributed by atoms with Gasteiger partial charge in [-0.25, -0.2) is 0 Å². The molecule has 96 valence electrons. The molecule has 0 aliphatic rings. The maximum Gasteiger partial charge on any atom is 0.744 e. The molecule has 9 heteroatoms. The van der Waals surface area contributed by atoms with E-state index < -0.39 is 9.05 Å². The third-order valence-corrected chi connectivity index (χ3v) is 6.17. The quantitative estimate of drug-likeness (QED) is 0.394. The lowest BCUT2D eigenvalue weighted by molar-refractivity contribution is 0.0786. The van der Waals surface area contributed by atoms with Crippen molar-refractivity contribution in [2.24, 2.45) is 0 Å². The summed E-state index contributed by atoms with van der Waals surface area (Å²) in [6.07, 6.45) is 0. The Morgan fingerprint density at radius 2 is 1.82 bits per heavy atom. The van der Waals surface area contributed by atoms with Crippen LogP contribution in [0, 0.1) is 0 Å². The summed E-state index contributed by atoms with van der Waals surface area (Å²) in [6, 6.07) is 3.29. The van der Waals surface area contributed by atoms with E-state index >= 15 is 0 Å². The summed E-state index contributed by atoms with van der Waals surface area (Å²) in [6.45, 7) is 0.0100. The van der Waals surface area contributed by atoms with Gasteiger partial charge in [0, 0.05) is 14.8 Å². The zero-order chi connectivity index (χ0) is 13.1. The Labute approximate surface area is 130 Å². The Bertz CT molecular complexity index is 405. The first-order valence-electron chi connectivity index (χ1n) is 4.34. The molecule has 17 heavy (non-hydrogen) atoms. The lowest BCUT2D eigenvalue weighted by Gasteiger charge is -2.19. The van der Waals surface area contributed by atoms with E-state index in [9.17, 15) is 9.59 Å². The molecule has 0 atom stereocenters. The van der Waals surface area contributed by atoms with E-state index in [-0.39, 0.29) is 18.2 Å². The molecular weight excluding hydrogens is 463 g/mol. The molecule has 0 unspecified atom stereocenters. The lowest BCUT2D eigenvalue weighted by atomic mass is 10.3. The molecule has 0 saturated heterocycles. The first kappa shape index (κ1) is 15.9. The Morgan fingerprint density at radius 1 is 1.18 bits per heavy atom. The fraction of sp³-hybridized carbons (Fsp3) is 0.250. The summed E-state index contributed by atoms with van der Waals surface area (Å²) in [4.78, 5) is 19.1. The van der Waals surface area contributed by atoms with Crippen LogP contribution in [-0.4, -0.2) is 31.1 Å². The van der Waals surface area contributed by atoms with Crippen LogP contribution in [0.5, 0.6) is 5.75 Å². The van der Waals surface area contributed by atoms with E-state index in [1.807, 2.05) is 0 Å². The molecule has 0 radical (unpaired) electrons. The molecular formula is C8H8Br3ClO4Si. The highest BCUT2D eigenvalue weighted by Crippen LogP contribution is 2.38. The molecule has 1 aromatic carbocycles. The van der Waals surface area contributed by atoms with Crippen LogP contribution in [0.25, 0.3) is 0 Å². The summed E-state index contributed by atoms with van der Waals surface area (Å²) < 4.78 is 11.9. The zero-order valence-electron chi connectivity index (χ0n) is 8.29. The first-order chi connectivity index (χ1) is 7.87. The van der Waals surface area contributed by atoms with E-state index in [1.54, 1.807) is 12.1 Å². The van der Waals surface area contributed by atoms with Gasteiger partial charge < -0.3 is 18.4 Å². The van der Waals surface area contributed by atoms with Crippen LogP contribution in [0.2, 0.25) is 0 Å². The minimum absolute atomic E-state index is 0.0100. The highest BCUT2D eigenvalue weighted by atomic mass is 79.9. The van der Waals surface area contributed by atoms with Gasteiger partial charge in [-0.3, -0.25) is 0 Å². The second-order valence-corrected chi connectivity index (χ2v) is 7.27. The van der Waals surface area contributed by atoms with Crippen LogP contribution in [0.3, 0.4) is 0 Å². The van der Waals surface area contributed by atoms with E-state index in [4.69, 9.17) is 20.5 Å². The molecule has 0 bridgehead atoms. The molecule has 0 amide bonds. The standard InChI is InChI=1S/C8H8Br3ClO4Si/c9-5-1-2-6(8(11)7(5)10)16-17(13,14)15-4-3-12/h1-2,13-14H,3-4H2. The van der Waals surface area contributed by atoms with Gasteiger partial charge in [0.1, 0.15) is 5.75 Å². The largest absolute Gasteiger partial charge is 0.744 e. The number of hydrogen-bond donors (Lipinski definition) is 2. The van der Waals surface area contributed by atoms with Crippen molar-refractivity contribution in [2.45, 2.75) is 0 Å². The van der Waals surface area contributed by atoms with Crippen LogP contribution >= 0.6 is 59.4 Å². The Hall–Kier alpha value is 0.847. The van der Waals surface area contributed by atoms with Crippen molar-refractivity contribution in [1.29, 1.82) is 0 Å². The summed E-state index contributed by atoms with van der Waals surface area (Å²) >= 11 is 15.3. The summed E-state index contributed by atoms with van der Waals surface area (Å²) in [5.41, 5.74) is 0. The highest BCUT2D eigenvalue weighted by Gasteiger charge is 2.39. The van der Waals surface area contributed by atoms with Gasteiger partial charge >= 0.3 is 9.05 Å². The minimum Gasteiger partial charge on any atom is -0.479 e. The predicted molar refractivity (Wildman–Crippen MR) is 77.0 cm³/mol. The molecule has 0 aromatic heterocycles. The Kier molecular flexibility index (Phi) is 6.41. The smallest absolute Gasteiger partial charge is 0.479 e. The van der Waals surface area contributed by atoms with Crippen LogP contribution in [-0.2, 0) is 4.43 Å². The number of benzene rings is 1. The number of alkyl halides is 1. The Balaban J connectivity index is 2.84. The van der Waals surface area contributed by atoms with Gasteiger partial charge in [0.05, 0.1) is 11.1 Å².